The molecule has 0 aromatic heterocycles. The Morgan fingerprint density at radius 1 is 1.18 bits per heavy atom. The Labute approximate surface area is 136 Å². The predicted octanol–water partition coefficient (Wildman–Crippen LogP) is 2.77. The molecule has 4 nitrogen and oxygen atoms in total. The molecule has 0 unspecified atom stereocenters. The van der Waals surface area contributed by atoms with Crippen LogP contribution in [-0.4, -0.2) is 28.9 Å². The number of hydrogen-bond donors (Lipinski definition) is 1. The first-order valence-corrected chi connectivity index (χ1v) is 8.96. The predicted molar refractivity (Wildman–Crippen MR) is 82.4 cm³/mol. The van der Waals surface area contributed by atoms with Crippen LogP contribution >= 0.6 is 11.6 Å². The standard InChI is InChI=1S/C17H24ClNO3/c1-10(14(20)19-13-2-3-13)22-15(21)16-5-11-4-12(6-16)8-17(18,7-11)9-16/h10-13H,2-9H2,1H3,(H,19,20)/t10-,11+,12+,16?,17?/m1/s1. The molecule has 1 N–H and O–H groups in total. The van der Waals surface area contributed by atoms with E-state index < -0.39 is 11.5 Å². The Hall–Kier alpha value is -0.770. The Bertz CT molecular complexity index is 502. The van der Waals surface area contributed by atoms with Crippen molar-refractivity contribution in [2.45, 2.75) is 75.3 Å². The molecule has 22 heavy (non-hydrogen) atoms. The fourth-order valence-corrected chi connectivity index (χ4v) is 5.97. The summed E-state index contributed by atoms with van der Waals surface area (Å²) in [6.45, 7) is 1.67. The van der Waals surface area contributed by atoms with Crippen molar-refractivity contribution in [2.24, 2.45) is 17.3 Å². The van der Waals surface area contributed by atoms with Gasteiger partial charge >= 0.3 is 5.97 Å². The number of hydrogen-bond acceptors (Lipinski definition) is 3. The first kappa shape index (κ1) is 14.8. The SMILES string of the molecule is C[C@@H](OC(=O)C12C[C@@H]3C[C@H](CC(Cl)(C3)C1)C2)C(=O)NC1CC1. The summed E-state index contributed by atoms with van der Waals surface area (Å²) in [6.07, 6.45) is 7.18. The molecule has 5 heteroatoms. The lowest BCUT2D eigenvalue weighted by atomic mass is 9.49. The van der Waals surface area contributed by atoms with Gasteiger partial charge in [-0.3, -0.25) is 9.59 Å². The molecule has 5 aliphatic carbocycles. The van der Waals surface area contributed by atoms with Gasteiger partial charge < -0.3 is 10.1 Å². The van der Waals surface area contributed by atoms with Gasteiger partial charge in [0.2, 0.25) is 0 Å². The van der Waals surface area contributed by atoms with E-state index in [1.165, 1.54) is 6.42 Å². The van der Waals surface area contributed by atoms with Gasteiger partial charge in [0.1, 0.15) is 0 Å². The van der Waals surface area contributed by atoms with Crippen molar-refractivity contribution in [1.82, 2.24) is 5.32 Å². The number of halogens is 1. The van der Waals surface area contributed by atoms with Gasteiger partial charge in [-0.25, -0.2) is 0 Å². The fraction of sp³-hybridized carbons (Fsp3) is 0.882. The second-order valence-corrected chi connectivity index (χ2v) is 9.02. The Kier molecular flexibility index (Phi) is 3.27. The van der Waals surface area contributed by atoms with E-state index in [0.717, 1.165) is 44.9 Å². The van der Waals surface area contributed by atoms with Crippen molar-refractivity contribution >= 4 is 23.5 Å². The average Bonchev–Trinajstić information content (AvgIpc) is 3.19. The lowest BCUT2D eigenvalue weighted by Gasteiger charge is -2.58. The van der Waals surface area contributed by atoms with E-state index in [-0.39, 0.29) is 16.8 Å². The fourth-order valence-electron chi connectivity index (χ4n) is 5.27. The van der Waals surface area contributed by atoms with Gasteiger partial charge in [0.25, 0.3) is 5.91 Å². The molecule has 0 saturated heterocycles. The highest BCUT2D eigenvalue weighted by Crippen LogP contribution is 2.64. The molecule has 5 saturated carbocycles. The van der Waals surface area contributed by atoms with Gasteiger partial charge in [-0.1, -0.05) is 0 Å². The number of ether oxygens (including phenoxy) is 1. The van der Waals surface area contributed by atoms with E-state index >= 15 is 0 Å². The lowest BCUT2D eigenvalue weighted by molar-refractivity contribution is -0.177. The second kappa shape index (κ2) is 4.86. The summed E-state index contributed by atoms with van der Waals surface area (Å²) in [7, 11) is 0. The molecule has 0 heterocycles. The van der Waals surface area contributed by atoms with Crippen LogP contribution in [0, 0.1) is 17.3 Å². The van der Waals surface area contributed by atoms with Gasteiger partial charge in [0, 0.05) is 10.9 Å². The molecule has 0 aromatic rings. The number of rotatable bonds is 4. The van der Waals surface area contributed by atoms with Crippen LogP contribution in [0.15, 0.2) is 0 Å². The molecule has 5 aliphatic rings. The van der Waals surface area contributed by atoms with Crippen LogP contribution in [-0.2, 0) is 14.3 Å². The molecule has 3 atom stereocenters. The van der Waals surface area contributed by atoms with E-state index in [1.54, 1.807) is 6.92 Å². The molecule has 0 aliphatic heterocycles. The van der Waals surface area contributed by atoms with Crippen molar-refractivity contribution in [3.05, 3.63) is 0 Å². The Balaban J connectivity index is 1.44. The van der Waals surface area contributed by atoms with E-state index in [2.05, 4.69) is 5.32 Å². The molecule has 4 bridgehead atoms. The highest BCUT2D eigenvalue weighted by atomic mass is 35.5. The topological polar surface area (TPSA) is 55.4 Å². The third-order valence-corrected chi connectivity index (χ3v) is 6.44. The summed E-state index contributed by atoms with van der Waals surface area (Å²) >= 11 is 6.75. The summed E-state index contributed by atoms with van der Waals surface area (Å²) in [6, 6.07) is 0.291. The summed E-state index contributed by atoms with van der Waals surface area (Å²) in [5.74, 6) is 0.759. The smallest absolute Gasteiger partial charge is 0.312 e. The minimum atomic E-state index is -0.701. The summed E-state index contributed by atoms with van der Waals surface area (Å²) in [5.41, 5.74) is -0.431. The van der Waals surface area contributed by atoms with Gasteiger partial charge in [0.15, 0.2) is 6.10 Å². The number of carbonyl (C=O) groups is 2. The molecule has 0 spiro atoms. The van der Waals surface area contributed by atoms with E-state index in [0.29, 0.717) is 17.9 Å². The van der Waals surface area contributed by atoms with Crippen molar-refractivity contribution in [3.8, 4) is 0 Å². The lowest BCUT2D eigenvalue weighted by Crippen LogP contribution is -2.57. The van der Waals surface area contributed by atoms with Crippen LogP contribution in [0.5, 0.6) is 0 Å². The first-order valence-electron chi connectivity index (χ1n) is 8.58. The summed E-state index contributed by atoms with van der Waals surface area (Å²) in [5, 5.41) is 2.90. The van der Waals surface area contributed by atoms with Crippen molar-refractivity contribution in [3.63, 3.8) is 0 Å². The maximum absolute atomic E-state index is 12.8. The monoisotopic (exact) mass is 325 g/mol. The van der Waals surface area contributed by atoms with Crippen LogP contribution in [0.2, 0.25) is 0 Å². The van der Waals surface area contributed by atoms with Crippen LogP contribution in [0.4, 0.5) is 0 Å². The van der Waals surface area contributed by atoms with E-state index in [1.807, 2.05) is 0 Å². The minimum absolute atomic E-state index is 0.166. The van der Waals surface area contributed by atoms with E-state index in [9.17, 15) is 9.59 Å². The van der Waals surface area contributed by atoms with Crippen LogP contribution in [0.1, 0.15) is 58.3 Å². The maximum Gasteiger partial charge on any atom is 0.312 e. The average molecular weight is 326 g/mol. The molecule has 122 valence electrons. The second-order valence-electron chi connectivity index (χ2n) is 8.22. The summed E-state index contributed by atoms with van der Waals surface area (Å²) < 4.78 is 5.56. The van der Waals surface area contributed by atoms with E-state index in [4.69, 9.17) is 16.3 Å². The number of amides is 1. The zero-order valence-electron chi connectivity index (χ0n) is 13.1. The summed E-state index contributed by atoms with van der Waals surface area (Å²) in [4.78, 5) is 24.6. The highest BCUT2D eigenvalue weighted by Gasteiger charge is 2.61. The first-order chi connectivity index (χ1) is 10.4. The molecule has 0 radical (unpaired) electrons. The quantitative estimate of drug-likeness (QED) is 0.638. The van der Waals surface area contributed by atoms with Crippen LogP contribution in [0.25, 0.3) is 0 Å². The Morgan fingerprint density at radius 2 is 1.82 bits per heavy atom. The van der Waals surface area contributed by atoms with Crippen LogP contribution < -0.4 is 5.32 Å². The molecular weight excluding hydrogens is 302 g/mol. The minimum Gasteiger partial charge on any atom is -0.452 e. The normalized spacial score (nSPS) is 43.7. The number of alkyl halides is 1. The molecule has 1 amide bonds. The third-order valence-electron chi connectivity index (χ3n) is 6.00. The third kappa shape index (κ3) is 2.53. The molecular formula is C17H24ClNO3. The van der Waals surface area contributed by atoms with Crippen molar-refractivity contribution in [2.75, 3.05) is 0 Å². The van der Waals surface area contributed by atoms with Crippen molar-refractivity contribution < 1.29 is 14.3 Å². The van der Waals surface area contributed by atoms with Crippen LogP contribution in [0.3, 0.4) is 0 Å². The number of carbonyl (C=O) groups excluding carboxylic acids is 2. The number of esters is 1. The van der Waals surface area contributed by atoms with Gasteiger partial charge in [0.05, 0.1) is 5.41 Å². The zero-order valence-corrected chi connectivity index (χ0v) is 13.8. The molecule has 5 rings (SSSR count). The van der Waals surface area contributed by atoms with Gasteiger partial charge in [-0.15, -0.1) is 11.6 Å². The zero-order chi connectivity index (χ0) is 15.5. The number of nitrogens with one attached hydrogen (secondary N) is 1. The highest BCUT2D eigenvalue weighted by molar-refractivity contribution is 6.24. The van der Waals surface area contributed by atoms with Gasteiger partial charge in [-0.2, -0.15) is 0 Å². The molecule has 0 aromatic carbocycles. The molecule has 5 fully saturated rings. The Morgan fingerprint density at radius 3 is 2.36 bits per heavy atom. The van der Waals surface area contributed by atoms with Gasteiger partial charge in [-0.05, 0) is 70.1 Å². The largest absolute Gasteiger partial charge is 0.452 e. The maximum atomic E-state index is 12.8. The van der Waals surface area contributed by atoms with Crippen molar-refractivity contribution in [1.29, 1.82) is 0 Å².